The number of halogens is 1. The highest BCUT2D eigenvalue weighted by Crippen LogP contribution is 2.45. The zero-order valence-corrected chi connectivity index (χ0v) is 18.0. The summed E-state index contributed by atoms with van der Waals surface area (Å²) in [6.07, 6.45) is 10.8. The van der Waals surface area contributed by atoms with Crippen LogP contribution in [0.1, 0.15) is 40.0 Å². The van der Waals surface area contributed by atoms with Crippen LogP contribution in [0.3, 0.4) is 0 Å². The van der Waals surface area contributed by atoms with Crippen LogP contribution in [0, 0.1) is 11.2 Å². The van der Waals surface area contributed by atoms with Crippen LogP contribution in [0.15, 0.2) is 72.1 Å². The predicted molar refractivity (Wildman–Crippen MR) is 122 cm³/mol. The van der Waals surface area contributed by atoms with E-state index in [9.17, 15) is 4.39 Å². The Balaban J connectivity index is 2.45. The average molecular weight is 402 g/mol. The molecule has 0 saturated carbocycles. The van der Waals surface area contributed by atoms with E-state index in [0.29, 0.717) is 0 Å². The Hall–Kier alpha value is -1.98. The van der Waals surface area contributed by atoms with E-state index in [1.54, 1.807) is 6.20 Å². The highest BCUT2D eigenvalue weighted by Gasteiger charge is 2.34. The minimum atomic E-state index is -0.226. The van der Waals surface area contributed by atoms with Gasteiger partial charge in [-0.2, -0.15) is 0 Å². The molecule has 1 aromatic carbocycles. The lowest BCUT2D eigenvalue weighted by molar-refractivity contribution is 0.435. The Labute approximate surface area is 174 Å². The zero-order chi connectivity index (χ0) is 20.7. The molecule has 3 nitrogen and oxygen atoms in total. The van der Waals surface area contributed by atoms with Crippen molar-refractivity contribution in [1.29, 1.82) is 0 Å². The maximum absolute atomic E-state index is 13.4. The van der Waals surface area contributed by atoms with Gasteiger partial charge in [-0.15, -0.1) is 6.58 Å². The lowest BCUT2D eigenvalue weighted by Gasteiger charge is -2.40. The van der Waals surface area contributed by atoms with E-state index in [2.05, 4.69) is 68.0 Å². The summed E-state index contributed by atoms with van der Waals surface area (Å²) in [6.45, 7) is 11.2. The zero-order valence-electron chi connectivity index (χ0n) is 17.1. The van der Waals surface area contributed by atoms with Gasteiger partial charge in [0, 0.05) is 29.4 Å². The SMILES string of the molecule is C=CC1(C/C(C)=C/N)CC=C(N(c2ccc(F)cc2)C(C)C)C=C1CCNS. The van der Waals surface area contributed by atoms with Crippen molar-refractivity contribution in [3.05, 3.63) is 77.9 Å². The molecule has 0 spiro atoms. The van der Waals surface area contributed by atoms with Crippen LogP contribution < -0.4 is 15.4 Å². The standard InChI is InChI=1S/C23H32FN3S/c1-5-23(15-18(4)16-25)12-10-22(14-19(23)11-13-26-28)27(17(2)3)21-8-6-20(24)7-9-21/h5-10,14,16-17,26,28H,1,11-13,15,25H2,2-4H3/b18-16+. The quantitative estimate of drug-likeness (QED) is 0.378. The van der Waals surface area contributed by atoms with Crippen molar-refractivity contribution in [3.63, 3.8) is 0 Å². The first kappa shape index (κ1) is 22.3. The number of nitrogens with zero attached hydrogens (tertiary/aromatic N) is 1. The molecule has 3 N–H and O–H groups in total. The van der Waals surface area contributed by atoms with Crippen LogP contribution >= 0.6 is 12.8 Å². The highest BCUT2D eigenvalue weighted by molar-refractivity contribution is 7.78. The van der Waals surface area contributed by atoms with Crippen LogP contribution in [0.4, 0.5) is 10.1 Å². The van der Waals surface area contributed by atoms with Gasteiger partial charge in [0.2, 0.25) is 0 Å². The summed E-state index contributed by atoms with van der Waals surface area (Å²) in [4.78, 5) is 2.24. The fraction of sp³-hybridized carbons (Fsp3) is 0.391. The molecule has 1 aliphatic carbocycles. The number of nitrogens with two attached hydrogens (primary N) is 1. The Bertz CT molecular complexity index is 765. The van der Waals surface area contributed by atoms with Crippen LogP contribution in [0.2, 0.25) is 0 Å². The summed E-state index contributed by atoms with van der Waals surface area (Å²) in [5.41, 5.74) is 10.2. The fourth-order valence-corrected chi connectivity index (χ4v) is 3.97. The molecule has 0 heterocycles. The van der Waals surface area contributed by atoms with Gasteiger partial charge in [-0.25, -0.2) is 4.39 Å². The molecular weight excluding hydrogens is 369 g/mol. The predicted octanol–water partition coefficient (Wildman–Crippen LogP) is 5.50. The molecule has 28 heavy (non-hydrogen) atoms. The lowest BCUT2D eigenvalue weighted by Crippen LogP contribution is -2.33. The van der Waals surface area contributed by atoms with E-state index >= 15 is 0 Å². The van der Waals surface area contributed by atoms with Gasteiger partial charge >= 0.3 is 0 Å². The van der Waals surface area contributed by atoms with Crippen molar-refractivity contribution in [2.75, 3.05) is 11.4 Å². The Morgan fingerprint density at radius 1 is 1.39 bits per heavy atom. The van der Waals surface area contributed by atoms with Crippen molar-refractivity contribution in [2.24, 2.45) is 11.1 Å². The van der Waals surface area contributed by atoms with Gasteiger partial charge in [0.15, 0.2) is 0 Å². The minimum absolute atomic E-state index is 0.153. The van der Waals surface area contributed by atoms with Gasteiger partial charge in [0.1, 0.15) is 5.82 Å². The molecule has 0 aromatic heterocycles. The van der Waals surface area contributed by atoms with Crippen molar-refractivity contribution in [2.45, 2.75) is 46.1 Å². The summed E-state index contributed by atoms with van der Waals surface area (Å²) in [7, 11) is 0. The largest absolute Gasteiger partial charge is 0.405 e. The van der Waals surface area contributed by atoms with E-state index in [1.165, 1.54) is 17.7 Å². The molecule has 1 unspecified atom stereocenters. The number of nitrogens with one attached hydrogen (secondary N) is 1. The maximum Gasteiger partial charge on any atom is 0.123 e. The summed E-state index contributed by atoms with van der Waals surface area (Å²) < 4.78 is 16.4. The first-order valence-corrected chi connectivity index (χ1v) is 10.2. The molecule has 0 amide bonds. The van der Waals surface area contributed by atoms with E-state index in [-0.39, 0.29) is 17.3 Å². The summed E-state index contributed by atoms with van der Waals surface area (Å²) in [6, 6.07) is 6.91. The Kier molecular flexibility index (Phi) is 7.96. The number of benzene rings is 1. The van der Waals surface area contributed by atoms with E-state index in [0.717, 1.165) is 42.8 Å². The molecule has 0 bridgehead atoms. The second-order valence-electron chi connectivity index (χ2n) is 7.65. The molecule has 0 fully saturated rings. The van der Waals surface area contributed by atoms with Crippen LogP contribution in [0.5, 0.6) is 0 Å². The van der Waals surface area contributed by atoms with Gasteiger partial charge in [0.05, 0.1) is 0 Å². The molecule has 1 aliphatic rings. The van der Waals surface area contributed by atoms with Gasteiger partial charge in [-0.05, 0) is 76.6 Å². The average Bonchev–Trinajstić information content (AvgIpc) is 2.69. The third-order valence-corrected chi connectivity index (χ3v) is 5.54. The normalized spacial score (nSPS) is 20.0. The monoisotopic (exact) mass is 401 g/mol. The van der Waals surface area contributed by atoms with Gasteiger partial charge in [-0.3, -0.25) is 4.72 Å². The maximum atomic E-state index is 13.4. The van der Waals surface area contributed by atoms with E-state index < -0.39 is 0 Å². The fourth-order valence-electron chi connectivity index (χ4n) is 3.85. The van der Waals surface area contributed by atoms with Crippen molar-refractivity contribution in [1.82, 2.24) is 4.72 Å². The third-order valence-electron chi connectivity index (χ3n) is 5.31. The number of anilines is 1. The molecule has 0 radical (unpaired) electrons. The minimum Gasteiger partial charge on any atom is -0.405 e. The summed E-state index contributed by atoms with van der Waals surface area (Å²) in [5, 5.41) is 0. The van der Waals surface area contributed by atoms with Crippen molar-refractivity contribution >= 4 is 18.5 Å². The van der Waals surface area contributed by atoms with Crippen molar-refractivity contribution in [3.8, 4) is 0 Å². The van der Waals surface area contributed by atoms with E-state index in [1.807, 2.05) is 12.1 Å². The van der Waals surface area contributed by atoms with Crippen molar-refractivity contribution < 1.29 is 4.39 Å². The number of hydrogen-bond acceptors (Lipinski definition) is 4. The molecule has 5 heteroatoms. The topological polar surface area (TPSA) is 41.3 Å². The molecule has 1 aromatic rings. The Morgan fingerprint density at radius 3 is 2.61 bits per heavy atom. The molecule has 0 saturated heterocycles. The summed E-state index contributed by atoms with van der Waals surface area (Å²) >= 11 is 4.16. The Morgan fingerprint density at radius 2 is 2.07 bits per heavy atom. The van der Waals surface area contributed by atoms with Gasteiger partial charge in [-0.1, -0.05) is 36.1 Å². The molecule has 0 aliphatic heterocycles. The van der Waals surface area contributed by atoms with E-state index in [4.69, 9.17) is 5.73 Å². The molecule has 2 rings (SSSR count). The summed E-state index contributed by atoms with van der Waals surface area (Å²) in [5.74, 6) is -0.226. The molecule has 152 valence electrons. The van der Waals surface area contributed by atoms with Crippen LogP contribution in [-0.2, 0) is 0 Å². The number of allylic oxidation sites excluding steroid dienone is 4. The van der Waals surface area contributed by atoms with Gasteiger partial charge < -0.3 is 10.6 Å². The second kappa shape index (κ2) is 9.99. The van der Waals surface area contributed by atoms with Gasteiger partial charge in [0.25, 0.3) is 0 Å². The van der Waals surface area contributed by atoms with Crippen LogP contribution in [-0.4, -0.2) is 12.6 Å². The number of hydrogen-bond donors (Lipinski definition) is 3. The number of thiol groups is 1. The van der Waals surface area contributed by atoms with Crippen LogP contribution in [0.25, 0.3) is 0 Å². The first-order valence-electron chi connectivity index (χ1n) is 9.71. The smallest absolute Gasteiger partial charge is 0.123 e. The second-order valence-corrected chi connectivity index (χ2v) is 7.97. The highest BCUT2D eigenvalue weighted by atomic mass is 32.1. The third kappa shape index (κ3) is 5.09. The molecular formula is C23H32FN3S. The molecule has 1 atom stereocenters. The lowest BCUT2D eigenvalue weighted by atomic mass is 9.69. The number of rotatable bonds is 9. The first-order chi connectivity index (χ1) is 13.4.